The number of sulfonamides is 1. The Bertz CT molecular complexity index is 1400. The summed E-state index contributed by atoms with van der Waals surface area (Å²) in [4.78, 5) is 4.60. The Hall–Kier alpha value is -3.66. The van der Waals surface area contributed by atoms with Crippen LogP contribution in [0, 0.1) is 0 Å². The molecule has 36 heavy (non-hydrogen) atoms. The number of imidazole rings is 1. The van der Waals surface area contributed by atoms with Crippen LogP contribution in [0.15, 0.2) is 90.2 Å². The van der Waals surface area contributed by atoms with E-state index in [1.165, 1.54) is 4.31 Å². The topological polar surface area (TPSA) is 96.7 Å². The average molecular weight is 507 g/mol. The Morgan fingerprint density at radius 1 is 1.08 bits per heavy atom. The smallest absolute Gasteiger partial charge is 0.243 e. The molecule has 2 N–H and O–H groups in total. The Morgan fingerprint density at radius 3 is 2.42 bits per heavy atom. The van der Waals surface area contributed by atoms with Gasteiger partial charge in [-0.3, -0.25) is 0 Å². The molecule has 4 aromatic rings. The highest BCUT2D eigenvalue weighted by atomic mass is 32.2. The van der Waals surface area contributed by atoms with Gasteiger partial charge in [-0.1, -0.05) is 42.5 Å². The second kappa shape index (κ2) is 10.9. The number of rotatable bonds is 10. The first-order chi connectivity index (χ1) is 17.3. The monoisotopic (exact) mass is 506 g/mol. The van der Waals surface area contributed by atoms with Gasteiger partial charge in [-0.05, 0) is 41.5 Å². The van der Waals surface area contributed by atoms with Gasteiger partial charge in [-0.25, -0.2) is 13.4 Å². The second-order valence-electron chi connectivity index (χ2n) is 8.53. The maximum absolute atomic E-state index is 13.5. The Labute approximate surface area is 211 Å². The number of aryl methyl sites for hydroxylation is 1. The molecule has 0 radical (unpaired) electrons. The van der Waals surface area contributed by atoms with Crippen LogP contribution in [0.1, 0.15) is 17.2 Å². The molecule has 0 fully saturated rings. The summed E-state index contributed by atoms with van der Waals surface area (Å²) in [6.07, 6.45) is 3.49. The number of aliphatic hydroxyl groups excluding tert-OH is 1. The zero-order valence-corrected chi connectivity index (χ0v) is 21.3. The second-order valence-corrected chi connectivity index (χ2v) is 10.6. The predicted octanol–water partition coefficient (Wildman–Crippen LogP) is 4.06. The number of benzene rings is 3. The van der Waals surface area contributed by atoms with Crippen molar-refractivity contribution in [3.05, 3.63) is 96.4 Å². The van der Waals surface area contributed by atoms with E-state index in [4.69, 9.17) is 4.74 Å². The maximum Gasteiger partial charge on any atom is 0.243 e. The zero-order chi connectivity index (χ0) is 25.7. The number of aromatic nitrogens is 2. The standard InChI is InChI=1S/C27H30N4O4S/c1-30-17-26(28-19-30)24-15-23(13-14-25(24)29-27(18-32)21-7-5-4-6-8-21)36(33,34)31(2)16-20-9-11-22(35-3)12-10-20/h4-15,17,19,27,29,32H,16,18H2,1-3H3. The lowest BCUT2D eigenvalue weighted by atomic mass is 10.1. The molecule has 0 saturated carbocycles. The van der Waals surface area contributed by atoms with E-state index in [-0.39, 0.29) is 24.1 Å². The van der Waals surface area contributed by atoms with Crippen LogP contribution >= 0.6 is 0 Å². The molecule has 0 spiro atoms. The van der Waals surface area contributed by atoms with Gasteiger partial charge in [-0.2, -0.15) is 4.31 Å². The number of methoxy groups -OCH3 is 1. The van der Waals surface area contributed by atoms with Gasteiger partial charge in [0.2, 0.25) is 10.0 Å². The number of hydrogen-bond donors (Lipinski definition) is 2. The zero-order valence-electron chi connectivity index (χ0n) is 20.5. The van der Waals surface area contributed by atoms with Crippen molar-refractivity contribution in [2.24, 2.45) is 7.05 Å². The number of anilines is 1. The molecule has 1 atom stereocenters. The summed E-state index contributed by atoms with van der Waals surface area (Å²) in [6, 6.07) is 21.5. The third kappa shape index (κ3) is 5.59. The van der Waals surface area contributed by atoms with E-state index in [1.807, 2.05) is 55.7 Å². The van der Waals surface area contributed by atoms with Crippen LogP contribution < -0.4 is 10.1 Å². The molecule has 1 aromatic heterocycles. The van der Waals surface area contributed by atoms with E-state index < -0.39 is 10.0 Å². The van der Waals surface area contributed by atoms with Crippen LogP contribution in [-0.2, 0) is 23.6 Å². The van der Waals surface area contributed by atoms with E-state index in [1.54, 1.807) is 55.4 Å². The largest absolute Gasteiger partial charge is 0.497 e. The molecule has 0 amide bonds. The summed E-state index contributed by atoms with van der Waals surface area (Å²) in [5.41, 5.74) is 3.69. The molecular weight excluding hydrogens is 476 g/mol. The van der Waals surface area contributed by atoms with E-state index in [9.17, 15) is 13.5 Å². The van der Waals surface area contributed by atoms with Gasteiger partial charge in [0.15, 0.2) is 0 Å². The molecular formula is C27H30N4O4S. The van der Waals surface area contributed by atoms with E-state index in [0.717, 1.165) is 11.1 Å². The maximum atomic E-state index is 13.5. The third-order valence-electron chi connectivity index (χ3n) is 5.96. The highest BCUT2D eigenvalue weighted by molar-refractivity contribution is 7.89. The van der Waals surface area contributed by atoms with Crippen molar-refractivity contribution in [1.29, 1.82) is 0 Å². The fraction of sp³-hybridized carbons (Fsp3) is 0.222. The van der Waals surface area contributed by atoms with Crippen LogP contribution in [-0.4, -0.2) is 48.1 Å². The number of nitrogens with zero attached hydrogens (tertiary/aromatic N) is 3. The quantitative estimate of drug-likeness (QED) is 0.337. The minimum absolute atomic E-state index is 0.129. The first-order valence-corrected chi connectivity index (χ1v) is 12.9. The van der Waals surface area contributed by atoms with Crippen LogP contribution in [0.2, 0.25) is 0 Å². The van der Waals surface area contributed by atoms with Crippen molar-refractivity contribution in [2.45, 2.75) is 17.5 Å². The molecule has 0 bridgehead atoms. The van der Waals surface area contributed by atoms with Gasteiger partial charge in [0.25, 0.3) is 0 Å². The van der Waals surface area contributed by atoms with Gasteiger partial charge < -0.3 is 19.7 Å². The Morgan fingerprint density at radius 2 is 1.81 bits per heavy atom. The van der Waals surface area contributed by atoms with Crippen LogP contribution in [0.25, 0.3) is 11.3 Å². The highest BCUT2D eigenvalue weighted by Gasteiger charge is 2.24. The van der Waals surface area contributed by atoms with Crippen LogP contribution in [0.3, 0.4) is 0 Å². The van der Waals surface area contributed by atoms with Gasteiger partial charge >= 0.3 is 0 Å². The summed E-state index contributed by atoms with van der Waals surface area (Å²) in [6.45, 7) is 0.0855. The fourth-order valence-electron chi connectivity index (χ4n) is 3.93. The lowest BCUT2D eigenvalue weighted by Crippen LogP contribution is -2.26. The van der Waals surface area contributed by atoms with E-state index in [2.05, 4.69) is 10.3 Å². The van der Waals surface area contributed by atoms with E-state index in [0.29, 0.717) is 22.7 Å². The molecule has 1 heterocycles. The lowest BCUT2D eigenvalue weighted by Gasteiger charge is -2.22. The molecule has 3 aromatic carbocycles. The molecule has 9 heteroatoms. The Balaban J connectivity index is 1.67. The highest BCUT2D eigenvalue weighted by Crippen LogP contribution is 2.33. The van der Waals surface area contributed by atoms with Crippen molar-refractivity contribution in [2.75, 3.05) is 26.1 Å². The summed E-state index contributed by atoms with van der Waals surface area (Å²) in [5.74, 6) is 0.712. The number of aliphatic hydroxyl groups is 1. The number of hydrogen-bond acceptors (Lipinski definition) is 6. The summed E-state index contributed by atoms with van der Waals surface area (Å²) < 4.78 is 35.3. The molecule has 0 saturated heterocycles. The van der Waals surface area contributed by atoms with Crippen molar-refractivity contribution in [1.82, 2.24) is 13.9 Å². The van der Waals surface area contributed by atoms with Gasteiger partial charge in [0.05, 0.1) is 36.7 Å². The summed E-state index contributed by atoms with van der Waals surface area (Å²) >= 11 is 0. The fourth-order valence-corrected chi connectivity index (χ4v) is 5.12. The van der Waals surface area contributed by atoms with Gasteiger partial charge in [0, 0.05) is 38.1 Å². The minimum Gasteiger partial charge on any atom is -0.497 e. The Kier molecular flexibility index (Phi) is 7.73. The SMILES string of the molecule is COc1ccc(CN(C)S(=O)(=O)c2ccc(NC(CO)c3ccccc3)c(-c3cn(C)cn3)c2)cc1. The van der Waals surface area contributed by atoms with Crippen molar-refractivity contribution in [3.8, 4) is 17.0 Å². The molecule has 4 rings (SSSR count). The molecule has 188 valence electrons. The van der Waals surface area contributed by atoms with E-state index >= 15 is 0 Å². The molecule has 1 unspecified atom stereocenters. The molecule has 0 aliphatic heterocycles. The predicted molar refractivity (Wildman–Crippen MR) is 140 cm³/mol. The molecule has 0 aliphatic carbocycles. The average Bonchev–Trinajstić information content (AvgIpc) is 3.34. The normalized spacial score (nSPS) is 12.5. The van der Waals surface area contributed by atoms with Gasteiger partial charge in [-0.15, -0.1) is 0 Å². The van der Waals surface area contributed by atoms with Gasteiger partial charge in [0.1, 0.15) is 5.75 Å². The molecule has 0 aliphatic rings. The first-order valence-electron chi connectivity index (χ1n) is 11.5. The van der Waals surface area contributed by atoms with Crippen LogP contribution in [0.4, 0.5) is 5.69 Å². The van der Waals surface area contributed by atoms with Crippen LogP contribution in [0.5, 0.6) is 5.75 Å². The third-order valence-corrected chi connectivity index (χ3v) is 7.76. The first kappa shape index (κ1) is 25.4. The van der Waals surface area contributed by atoms with Crippen molar-refractivity contribution >= 4 is 15.7 Å². The number of nitrogens with one attached hydrogen (secondary N) is 1. The molecule has 8 nitrogen and oxygen atoms in total. The summed E-state index contributed by atoms with van der Waals surface area (Å²) in [7, 11) is 1.21. The summed E-state index contributed by atoms with van der Waals surface area (Å²) in [5, 5.41) is 13.4. The number of ether oxygens (including phenoxy) is 1. The van der Waals surface area contributed by atoms with Crippen molar-refractivity contribution in [3.63, 3.8) is 0 Å². The lowest BCUT2D eigenvalue weighted by molar-refractivity contribution is 0.276. The minimum atomic E-state index is -3.79. The van der Waals surface area contributed by atoms with Crippen molar-refractivity contribution < 1.29 is 18.3 Å².